The van der Waals surface area contributed by atoms with E-state index in [9.17, 15) is 4.79 Å². The van der Waals surface area contributed by atoms with E-state index >= 15 is 0 Å². The van der Waals surface area contributed by atoms with Crippen LogP contribution in [0.4, 0.5) is 5.13 Å². The minimum absolute atomic E-state index is 0.0573. The Morgan fingerprint density at radius 1 is 1.26 bits per heavy atom. The van der Waals surface area contributed by atoms with Crippen molar-refractivity contribution < 1.29 is 18.9 Å². The summed E-state index contributed by atoms with van der Waals surface area (Å²) in [5, 5.41) is 7.12. The molecule has 1 aliphatic carbocycles. The van der Waals surface area contributed by atoms with E-state index in [0.29, 0.717) is 23.6 Å². The second kappa shape index (κ2) is 11.5. The summed E-state index contributed by atoms with van der Waals surface area (Å²) in [5.41, 5.74) is 2.36. The fraction of sp³-hybridized carbons (Fsp3) is 0.320. The van der Waals surface area contributed by atoms with Crippen LogP contribution < -0.4 is 14.6 Å². The Hall–Kier alpha value is -2.94. The lowest BCUT2D eigenvalue weighted by Gasteiger charge is -2.20. The van der Waals surface area contributed by atoms with E-state index in [4.69, 9.17) is 21.5 Å². The molecule has 34 heavy (non-hydrogen) atoms. The Morgan fingerprint density at radius 3 is 2.79 bits per heavy atom. The predicted molar refractivity (Wildman–Crippen MR) is 136 cm³/mol. The molecule has 0 atom stereocenters. The molecule has 0 saturated heterocycles. The molecule has 0 aliphatic heterocycles. The molecule has 0 amide bonds. The number of hydrogen-bond donors (Lipinski definition) is 0. The average Bonchev–Trinajstić information content (AvgIpc) is 3.28. The third-order valence-electron chi connectivity index (χ3n) is 5.52. The number of esters is 1. The van der Waals surface area contributed by atoms with Crippen LogP contribution in [-0.4, -0.2) is 23.7 Å². The second-order valence-electron chi connectivity index (χ2n) is 8.33. The Labute approximate surface area is 207 Å². The van der Waals surface area contributed by atoms with E-state index in [1.807, 2.05) is 31.2 Å². The van der Waals surface area contributed by atoms with E-state index in [2.05, 4.69) is 21.1 Å². The van der Waals surface area contributed by atoms with Gasteiger partial charge in [-0.3, -0.25) is 4.79 Å². The molecule has 0 N–H and O–H groups in total. The average molecular weight is 500 g/mol. The monoisotopic (exact) mass is 499 g/mol. The van der Waals surface area contributed by atoms with Crippen molar-refractivity contribution in [3.63, 3.8) is 0 Å². The molecular formula is C25H26ClN3O4S. The van der Waals surface area contributed by atoms with Crippen LogP contribution >= 0.6 is 23.2 Å². The van der Waals surface area contributed by atoms with Gasteiger partial charge in [0, 0.05) is 5.56 Å². The molecule has 1 aliphatic rings. The number of aromatic nitrogens is 1. The maximum Gasteiger partial charge on any atom is 0.314 e. The van der Waals surface area contributed by atoms with E-state index in [0.717, 1.165) is 46.6 Å². The number of rotatable bonds is 9. The summed E-state index contributed by atoms with van der Waals surface area (Å²) in [5.74, 6) is 0.475. The van der Waals surface area contributed by atoms with Crippen LogP contribution in [0.2, 0.25) is 0 Å². The Morgan fingerprint density at radius 2 is 2.06 bits per heavy atom. The number of fused-ring (bicyclic) bond motifs is 1. The first-order valence-corrected chi connectivity index (χ1v) is 12.3. The predicted octanol–water partition coefficient (Wildman–Crippen LogP) is 6.66. The van der Waals surface area contributed by atoms with Crippen molar-refractivity contribution in [3.05, 3.63) is 60.2 Å². The Balaban J connectivity index is 1.59. The van der Waals surface area contributed by atoms with Gasteiger partial charge in [0.15, 0.2) is 5.75 Å². The van der Waals surface area contributed by atoms with Crippen molar-refractivity contribution in [1.82, 2.24) is 4.98 Å². The molecule has 7 nitrogen and oxygen atoms in total. The van der Waals surface area contributed by atoms with Gasteiger partial charge in [0.25, 0.3) is 0 Å². The third-order valence-corrected chi connectivity index (χ3v) is 6.63. The molecule has 1 heterocycles. The number of hydrazone groups is 1. The zero-order valence-corrected chi connectivity index (χ0v) is 20.5. The van der Waals surface area contributed by atoms with Gasteiger partial charge in [0.1, 0.15) is 17.6 Å². The molecule has 4 rings (SSSR count). The zero-order chi connectivity index (χ0) is 23.9. The number of benzene rings is 2. The van der Waals surface area contributed by atoms with Crippen molar-refractivity contribution in [2.24, 2.45) is 11.0 Å². The summed E-state index contributed by atoms with van der Waals surface area (Å²) in [6, 6.07) is 12.9. The first-order valence-electron chi connectivity index (χ1n) is 11.2. The van der Waals surface area contributed by atoms with Gasteiger partial charge in [0.2, 0.25) is 5.13 Å². The highest BCUT2D eigenvalue weighted by Crippen LogP contribution is 2.31. The number of thiazole rings is 1. The number of nitrogens with zero attached hydrogens (tertiary/aromatic N) is 3. The number of anilines is 1. The van der Waals surface area contributed by atoms with Crippen LogP contribution in [0.25, 0.3) is 10.2 Å². The molecule has 3 aromatic rings. The van der Waals surface area contributed by atoms with Crippen LogP contribution in [-0.2, 0) is 9.23 Å². The molecule has 1 fully saturated rings. The molecule has 1 saturated carbocycles. The highest BCUT2D eigenvalue weighted by molar-refractivity contribution is 7.22. The Bertz CT molecular complexity index is 1160. The molecule has 0 unspecified atom stereocenters. The van der Waals surface area contributed by atoms with E-state index < -0.39 is 0 Å². The van der Waals surface area contributed by atoms with Gasteiger partial charge >= 0.3 is 5.97 Å². The number of hydrogen-bond acceptors (Lipinski definition) is 8. The molecule has 0 bridgehead atoms. The Kier molecular flexibility index (Phi) is 8.16. The van der Waals surface area contributed by atoms with E-state index in [-0.39, 0.29) is 11.9 Å². The lowest BCUT2D eigenvalue weighted by molar-refractivity contribution is -0.140. The summed E-state index contributed by atoms with van der Waals surface area (Å²) < 4.78 is 11.1. The van der Waals surface area contributed by atoms with Crippen LogP contribution in [0.5, 0.6) is 11.5 Å². The quantitative estimate of drug-likeness (QED) is 0.0818. The molecule has 178 valence electrons. The highest BCUT2D eigenvalue weighted by Gasteiger charge is 2.23. The first-order chi connectivity index (χ1) is 16.5. The van der Waals surface area contributed by atoms with Crippen LogP contribution in [0.3, 0.4) is 0 Å². The summed E-state index contributed by atoms with van der Waals surface area (Å²) in [4.78, 5) is 22.3. The lowest BCUT2D eigenvalue weighted by Crippen LogP contribution is -2.22. The molecule has 0 spiro atoms. The molecule has 2 aromatic carbocycles. The summed E-state index contributed by atoms with van der Waals surface area (Å²) in [6.45, 7) is 6.42. The summed E-state index contributed by atoms with van der Waals surface area (Å²) in [7, 11) is 0. The van der Waals surface area contributed by atoms with Gasteiger partial charge in [-0.2, -0.15) is 5.10 Å². The molecule has 1 aromatic heterocycles. The van der Waals surface area contributed by atoms with Crippen LogP contribution in [0.1, 0.15) is 44.6 Å². The number of ether oxygens (including phenoxy) is 1. The zero-order valence-electron chi connectivity index (χ0n) is 18.9. The smallest absolute Gasteiger partial charge is 0.314 e. The number of carbonyl (C=O) groups excluding carboxylic acids is 1. The molecular weight excluding hydrogens is 474 g/mol. The fourth-order valence-corrected chi connectivity index (χ4v) is 4.84. The fourth-order valence-electron chi connectivity index (χ4n) is 3.85. The highest BCUT2D eigenvalue weighted by atomic mass is 35.5. The largest absolute Gasteiger partial charge is 0.426 e. The minimum atomic E-state index is -0.205. The standard InChI is InChI=1S/C25H26ClN3O4S/c1-17(2)16-29(25-28-21-10-6-7-11-23(21)34-25)27-15-19-14-20(12-13-22(19)32-33-26)31-24(30)18-8-4-3-5-9-18/h6-7,10-15,18H,1,3-5,8-9,16H2,2H3/b27-15+. The number of carbonyl (C=O) groups is 1. The van der Waals surface area contributed by atoms with Gasteiger partial charge in [-0.05, 0) is 50.1 Å². The number of halogens is 1. The maximum atomic E-state index is 12.6. The topological polar surface area (TPSA) is 73.2 Å². The van der Waals surface area contributed by atoms with Crippen LogP contribution in [0.15, 0.2) is 59.7 Å². The van der Waals surface area contributed by atoms with Crippen molar-refractivity contribution in [2.75, 3.05) is 11.6 Å². The van der Waals surface area contributed by atoms with Crippen molar-refractivity contribution in [1.29, 1.82) is 0 Å². The van der Waals surface area contributed by atoms with Crippen molar-refractivity contribution in [2.45, 2.75) is 39.0 Å². The summed E-state index contributed by atoms with van der Waals surface area (Å²) in [6.07, 6.45) is 6.62. The minimum Gasteiger partial charge on any atom is -0.426 e. The normalized spacial score (nSPS) is 14.4. The lowest BCUT2D eigenvalue weighted by atomic mass is 9.89. The third kappa shape index (κ3) is 6.14. The van der Waals surface area contributed by atoms with Crippen molar-refractivity contribution >= 4 is 50.7 Å². The SMILES string of the molecule is C=C(C)CN(/N=C/c1cc(OC(=O)C2CCCCC2)ccc1OOCl)c1nc2ccccc2s1. The van der Waals surface area contributed by atoms with Crippen molar-refractivity contribution in [3.8, 4) is 11.5 Å². The first kappa shape index (κ1) is 24.2. The van der Waals surface area contributed by atoms with Gasteiger partial charge in [-0.25, -0.2) is 9.99 Å². The number of para-hydroxylation sites is 1. The molecule has 0 radical (unpaired) electrons. The summed E-state index contributed by atoms with van der Waals surface area (Å²) >= 11 is 6.86. The van der Waals surface area contributed by atoms with E-state index in [1.165, 1.54) is 17.8 Å². The van der Waals surface area contributed by atoms with Gasteiger partial charge in [-0.1, -0.05) is 59.3 Å². The maximum absolute atomic E-state index is 12.6. The second-order valence-corrected chi connectivity index (χ2v) is 9.46. The molecule has 9 heteroatoms. The van der Waals surface area contributed by atoms with Gasteiger partial charge in [-0.15, -0.1) is 0 Å². The van der Waals surface area contributed by atoms with Gasteiger partial charge in [0.05, 0.1) is 28.9 Å². The van der Waals surface area contributed by atoms with E-state index in [1.54, 1.807) is 29.4 Å². The van der Waals surface area contributed by atoms with Crippen LogP contribution in [0, 0.1) is 5.92 Å². The van der Waals surface area contributed by atoms with Gasteiger partial charge < -0.3 is 9.62 Å².